The highest BCUT2D eigenvalue weighted by Crippen LogP contribution is 2.16. The zero-order valence-corrected chi connectivity index (χ0v) is 15.4. The molecule has 25 heavy (non-hydrogen) atoms. The van der Waals surface area contributed by atoms with E-state index in [0.717, 1.165) is 24.4 Å². The summed E-state index contributed by atoms with van der Waals surface area (Å²) in [6, 6.07) is 18.4. The molecule has 2 aromatic carbocycles. The molecule has 0 aromatic heterocycles. The molecule has 2 aromatic rings. The molecule has 0 radical (unpaired) electrons. The Labute approximate surface area is 151 Å². The molecule has 0 aliphatic heterocycles. The SMILES string of the molecule is COc1cccc(CN(Cc2ccccc2)CC(O)COC(C)C)c1. The molecule has 0 spiro atoms. The van der Waals surface area contributed by atoms with Crippen LogP contribution in [0.25, 0.3) is 0 Å². The maximum atomic E-state index is 10.3. The molecule has 0 saturated heterocycles. The van der Waals surface area contributed by atoms with Gasteiger partial charge in [-0.05, 0) is 37.1 Å². The van der Waals surface area contributed by atoms with Crippen LogP contribution >= 0.6 is 0 Å². The van der Waals surface area contributed by atoms with Gasteiger partial charge >= 0.3 is 0 Å². The van der Waals surface area contributed by atoms with Gasteiger partial charge in [0.15, 0.2) is 0 Å². The molecule has 0 saturated carbocycles. The van der Waals surface area contributed by atoms with Gasteiger partial charge < -0.3 is 14.6 Å². The van der Waals surface area contributed by atoms with Gasteiger partial charge in [0.2, 0.25) is 0 Å². The number of hydrogen-bond acceptors (Lipinski definition) is 4. The molecular weight excluding hydrogens is 314 g/mol. The van der Waals surface area contributed by atoms with Crippen LogP contribution in [0.2, 0.25) is 0 Å². The Morgan fingerprint density at radius 2 is 1.64 bits per heavy atom. The third-order valence-corrected chi connectivity index (χ3v) is 3.88. The molecule has 136 valence electrons. The van der Waals surface area contributed by atoms with E-state index in [1.165, 1.54) is 5.56 Å². The lowest BCUT2D eigenvalue weighted by molar-refractivity contribution is -0.0106. The molecular formula is C21H29NO3. The normalized spacial score (nSPS) is 12.6. The van der Waals surface area contributed by atoms with E-state index in [0.29, 0.717) is 13.2 Å². The van der Waals surface area contributed by atoms with Crippen LogP contribution in [0.4, 0.5) is 0 Å². The van der Waals surface area contributed by atoms with Crippen LogP contribution in [0.5, 0.6) is 5.75 Å². The van der Waals surface area contributed by atoms with E-state index in [2.05, 4.69) is 23.1 Å². The molecule has 1 unspecified atom stereocenters. The monoisotopic (exact) mass is 343 g/mol. The molecule has 4 nitrogen and oxygen atoms in total. The van der Waals surface area contributed by atoms with E-state index in [-0.39, 0.29) is 6.10 Å². The number of nitrogens with zero attached hydrogens (tertiary/aromatic N) is 1. The molecule has 1 atom stereocenters. The van der Waals surface area contributed by atoms with Gasteiger partial charge in [-0.3, -0.25) is 4.90 Å². The quantitative estimate of drug-likeness (QED) is 0.717. The number of methoxy groups -OCH3 is 1. The Bertz CT molecular complexity index is 616. The standard InChI is InChI=1S/C21H29NO3/c1-17(2)25-16-20(23)15-22(13-18-8-5-4-6-9-18)14-19-10-7-11-21(12-19)24-3/h4-12,17,20,23H,13-16H2,1-3H3. The highest BCUT2D eigenvalue weighted by Gasteiger charge is 2.14. The van der Waals surface area contributed by atoms with Crippen molar-refractivity contribution in [1.29, 1.82) is 0 Å². The van der Waals surface area contributed by atoms with Crippen LogP contribution in [0.15, 0.2) is 54.6 Å². The summed E-state index contributed by atoms with van der Waals surface area (Å²) in [7, 11) is 1.67. The van der Waals surface area contributed by atoms with E-state index >= 15 is 0 Å². The van der Waals surface area contributed by atoms with Crippen molar-refractivity contribution >= 4 is 0 Å². The van der Waals surface area contributed by atoms with Crippen molar-refractivity contribution in [2.75, 3.05) is 20.3 Å². The summed E-state index contributed by atoms with van der Waals surface area (Å²) in [5.74, 6) is 0.848. The first-order chi connectivity index (χ1) is 12.1. The third kappa shape index (κ3) is 7.26. The number of rotatable bonds is 10. The zero-order valence-electron chi connectivity index (χ0n) is 15.4. The Morgan fingerprint density at radius 1 is 0.960 bits per heavy atom. The summed E-state index contributed by atoms with van der Waals surface area (Å²) in [6.45, 7) is 6.37. The number of hydrogen-bond donors (Lipinski definition) is 1. The molecule has 0 amide bonds. The van der Waals surface area contributed by atoms with Crippen molar-refractivity contribution in [1.82, 2.24) is 4.90 Å². The van der Waals surface area contributed by atoms with Crippen LogP contribution in [-0.4, -0.2) is 42.5 Å². The average Bonchev–Trinajstić information content (AvgIpc) is 2.61. The van der Waals surface area contributed by atoms with E-state index in [1.54, 1.807) is 7.11 Å². The van der Waals surface area contributed by atoms with E-state index < -0.39 is 6.10 Å². The van der Waals surface area contributed by atoms with Gasteiger partial charge in [-0.15, -0.1) is 0 Å². The van der Waals surface area contributed by atoms with Crippen LogP contribution in [0, 0.1) is 0 Å². The van der Waals surface area contributed by atoms with Crippen LogP contribution in [0.3, 0.4) is 0 Å². The Hall–Kier alpha value is -1.88. The molecule has 2 rings (SSSR count). The predicted molar refractivity (Wildman–Crippen MR) is 101 cm³/mol. The third-order valence-electron chi connectivity index (χ3n) is 3.88. The molecule has 0 aliphatic carbocycles. The average molecular weight is 343 g/mol. The van der Waals surface area contributed by atoms with Crippen LogP contribution in [-0.2, 0) is 17.8 Å². The summed E-state index contributed by atoms with van der Waals surface area (Å²) >= 11 is 0. The van der Waals surface area contributed by atoms with Crippen molar-refractivity contribution in [3.63, 3.8) is 0 Å². The van der Waals surface area contributed by atoms with Crippen molar-refractivity contribution in [3.05, 3.63) is 65.7 Å². The van der Waals surface area contributed by atoms with Gasteiger partial charge in [-0.25, -0.2) is 0 Å². The fraction of sp³-hybridized carbons (Fsp3) is 0.429. The van der Waals surface area contributed by atoms with Crippen molar-refractivity contribution in [2.24, 2.45) is 0 Å². The van der Waals surface area contributed by atoms with Gasteiger partial charge in [-0.1, -0.05) is 42.5 Å². The zero-order chi connectivity index (χ0) is 18.1. The van der Waals surface area contributed by atoms with E-state index in [4.69, 9.17) is 9.47 Å². The summed E-state index contributed by atoms with van der Waals surface area (Å²) in [5, 5.41) is 10.3. The smallest absolute Gasteiger partial charge is 0.119 e. The lowest BCUT2D eigenvalue weighted by Gasteiger charge is -2.26. The second-order valence-electron chi connectivity index (χ2n) is 6.54. The van der Waals surface area contributed by atoms with Gasteiger partial charge in [0.25, 0.3) is 0 Å². The topological polar surface area (TPSA) is 41.9 Å². The van der Waals surface area contributed by atoms with Crippen molar-refractivity contribution < 1.29 is 14.6 Å². The lowest BCUT2D eigenvalue weighted by Crippen LogP contribution is -2.34. The molecule has 4 heteroatoms. The summed E-state index contributed by atoms with van der Waals surface area (Å²) < 4.78 is 10.9. The number of benzene rings is 2. The molecule has 0 bridgehead atoms. The predicted octanol–water partition coefficient (Wildman–Crippen LogP) is 3.48. The van der Waals surface area contributed by atoms with Crippen LogP contribution in [0.1, 0.15) is 25.0 Å². The second kappa shape index (κ2) is 10.2. The number of aliphatic hydroxyl groups excluding tert-OH is 1. The minimum atomic E-state index is -0.517. The Morgan fingerprint density at radius 3 is 2.32 bits per heavy atom. The Balaban J connectivity index is 2.05. The summed E-state index contributed by atoms with van der Waals surface area (Å²) in [5.41, 5.74) is 2.38. The maximum Gasteiger partial charge on any atom is 0.119 e. The fourth-order valence-electron chi connectivity index (χ4n) is 2.71. The second-order valence-corrected chi connectivity index (χ2v) is 6.54. The highest BCUT2D eigenvalue weighted by molar-refractivity contribution is 5.28. The molecule has 1 N–H and O–H groups in total. The first-order valence-corrected chi connectivity index (χ1v) is 8.75. The maximum absolute atomic E-state index is 10.3. The fourth-order valence-corrected chi connectivity index (χ4v) is 2.71. The first-order valence-electron chi connectivity index (χ1n) is 8.75. The van der Waals surface area contributed by atoms with Gasteiger partial charge in [0.05, 0.1) is 25.9 Å². The van der Waals surface area contributed by atoms with Gasteiger partial charge in [-0.2, -0.15) is 0 Å². The lowest BCUT2D eigenvalue weighted by atomic mass is 10.1. The largest absolute Gasteiger partial charge is 0.497 e. The first kappa shape index (κ1) is 19.4. The number of aliphatic hydroxyl groups is 1. The van der Waals surface area contributed by atoms with Gasteiger partial charge in [0.1, 0.15) is 5.75 Å². The van der Waals surface area contributed by atoms with Crippen molar-refractivity contribution in [2.45, 2.75) is 39.1 Å². The van der Waals surface area contributed by atoms with Crippen LogP contribution < -0.4 is 4.74 Å². The molecule has 0 aliphatic rings. The molecule has 0 fully saturated rings. The minimum Gasteiger partial charge on any atom is -0.497 e. The number of ether oxygens (including phenoxy) is 2. The summed E-state index contributed by atoms with van der Waals surface area (Å²) in [4.78, 5) is 2.23. The molecule has 0 heterocycles. The van der Waals surface area contributed by atoms with Crippen molar-refractivity contribution in [3.8, 4) is 5.75 Å². The Kier molecular flexibility index (Phi) is 7.92. The van der Waals surface area contributed by atoms with Gasteiger partial charge in [0, 0.05) is 19.6 Å². The summed E-state index contributed by atoms with van der Waals surface area (Å²) in [6.07, 6.45) is -0.396. The van der Waals surface area contributed by atoms with E-state index in [1.807, 2.05) is 50.2 Å². The highest BCUT2D eigenvalue weighted by atomic mass is 16.5. The van der Waals surface area contributed by atoms with E-state index in [9.17, 15) is 5.11 Å². The minimum absolute atomic E-state index is 0.121.